The quantitative estimate of drug-likeness (QED) is 0.831. The van der Waals surface area contributed by atoms with Crippen LogP contribution >= 0.6 is 0 Å². The van der Waals surface area contributed by atoms with Gasteiger partial charge in [0.2, 0.25) is 0 Å². The summed E-state index contributed by atoms with van der Waals surface area (Å²) in [6.45, 7) is 23.2. The van der Waals surface area contributed by atoms with Crippen LogP contribution in [-0.4, -0.2) is 60.8 Å². The van der Waals surface area contributed by atoms with E-state index in [1.165, 1.54) is 6.42 Å². The molecule has 1 aliphatic rings. The van der Waals surface area contributed by atoms with Crippen LogP contribution < -0.4 is 0 Å². The van der Waals surface area contributed by atoms with E-state index in [1.807, 2.05) is 41.5 Å². The molecular weight excluding hydrogens is 260 g/mol. The number of hydrogen-bond acceptors (Lipinski definition) is 3. The molecule has 3 nitrogen and oxygen atoms in total. The lowest BCUT2D eigenvalue weighted by atomic mass is 10.2. The van der Waals surface area contributed by atoms with Gasteiger partial charge >= 0.3 is 0 Å². The molecule has 0 bridgehead atoms. The van der Waals surface area contributed by atoms with Crippen molar-refractivity contribution in [1.82, 2.24) is 9.80 Å². The van der Waals surface area contributed by atoms with Crippen molar-refractivity contribution >= 4 is 0 Å². The fourth-order valence-corrected chi connectivity index (χ4v) is 1.69. The van der Waals surface area contributed by atoms with Gasteiger partial charge in [0.25, 0.3) is 0 Å². The summed E-state index contributed by atoms with van der Waals surface area (Å²) >= 11 is 0. The molecule has 134 valence electrons. The van der Waals surface area contributed by atoms with Gasteiger partial charge in [-0.3, -0.25) is 4.90 Å². The maximum Gasteiger partial charge on any atom is 0.0586 e. The van der Waals surface area contributed by atoms with E-state index in [4.69, 9.17) is 5.11 Å². The fourth-order valence-electron chi connectivity index (χ4n) is 1.69. The Balaban J connectivity index is -0.000000136. The molecule has 0 aliphatic carbocycles. The van der Waals surface area contributed by atoms with E-state index in [1.54, 1.807) is 0 Å². The Labute approximate surface area is 136 Å². The number of aliphatic hydroxyl groups excluding tert-OH is 1. The normalized spacial score (nSPS) is 15.6. The van der Waals surface area contributed by atoms with Crippen molar-refractivity contribution in [1.29, 1.82) is 0 Å². The first kappa shape index (κ1) is 29.0. The molecule has 1 fully saturated rings. The van der Waals surface area contributed by atoms with E-state index in [0.717, 1.165) is 32.6 Å². The standard InChI is InChI=1S/C9H20N2O.C3H8.3C2H6/c1-3-9(8-12)11-6-4-10(2)5-7-11;1-3-2;3*1-2/h9,12H,3-8H2,1-2H3;3H2,1-2H3;3*1-2H3. The van der Waals surface area contributed by atoms with Crippen molar-refractivity contribution in [3.05, 3.63) is 0 Å². The van der Waals surface area contributed by atoms with Gasteiger partial charge in [-0.05, 0) is 13.5 Å². The van der Waals surface area contributed by atoms with E-state index in [0.29, 0.717) is 12.6 Å². The van der Waals surface area contributed by atoms with Crippen molar-refractivity contribution in [2.45, 2.75) is 81.2 Å². The summed E-state index contributed by atoms with van der Waals surface area (Å²) in [6, 6.07) is 0.388. The van der Waals surface area contributed by atoms with Crippen molar-refractivity contribution in [3.63, 3.8) is 0 Å². The Morgan fingerprint density at radius 2 is 1.14 bits per heavy atom. The molecule has 0 radical (unpaired) electrons. The molecule has 0 aromatic heterocycles. The van der Waals surface area contributed by atoms with Crippen LogP contribution in [0.15, 0.2) is 0 Å². The Morgan fingerprint density at radius 3 is 1.38 bits per heavy atom. The SMILES string of the molecule is CC.CC.CC.CCC.CCC(CO)N1CCN(C)CC1. The molecular formula is C18H46N2O. The van der Waals surface area contributed by atoms with Crippen LogP contribution in [0.2, 0.25) is 0 Å². The summed E-state index contributed by atoms with van der Waals surface area (Å²) in [5, 5.41) is 9.09. The summed E-state index contributed by atoms with van der Waals surface area (Å²) in [5.74, 6) is 0. The highest BCUT2D eigenvalue weighted by Crippen LogP contribution is 2.07. The highest BCUT2D eigenvalue weighted by molar-refractivity contribution is 4.75. The van der Waals surface area contributed by atoms with Crippen molar-refractivity contribution in [2.24, 2.45) is 0 Å². The summed E-state index contributed by atoms with van der Waals surface area (Å²) in [6.07, 6.45) is 2.31. The molecule has 21 heavy (non-hydrogen) atoms. The lowest BCUT2D eigenvalue weighted by molar-refractivity contribution is 0.0731. The van der Waals surface area contributed by atoms with E-state index >= 15 is 0 Å². The number of aliphatic hydroxyl groups is 1. The number of nitrogens with zero attached hydrogens (tertiary/aromatic N) is 2. The van der Waals surface area contributed by atoms with E-state index in [-0.39, 0.29) is 0 Å². The van der Waals surface area contributed by atoms with Crippen molar-refractivity contribution < 1.29 is 5.11 Å². The van der Waals surface area contributed by atoms with Crippen molar-refractivity contribution in [2.75, 3.05) is 39.8 Å². The molecule has 1 N–H and O–H groups in total. The number of piperazine rings is 1. The topological polar surface area (TPSA) is 26.7 Å². The molecule has 3 heteroatoms. The molecule has 1 atom stereocenters. The molecule has 1 heterocycles. The highest BCUT2D eigenvalue weighted by Gasteiger charge is 2.19. The van der Waals surface area contributed by atoms with E-state index in [9.17, 15) is 0 Å². The second-order valence-electron chi connectivity index (χ2n) is 4.29. The monoisotopic (exact) mass is 306 g/mol. The zero-order valence-electron chi connectivity index (χ0n) is 16.9. The molecule has 1 aliphatic heterocycles. The van der Waals surface area contributed by atoms with Crippen LogP contribution in [0.25, 0.3) is 0 Å². The lowest BCUT2D eigenvalue weighted by Crippen LogP contribution is -2.49. The minimum absolute atomic E-state index is 0.306. The molecule has 0 spiro atoms. The van der Waals surface area contributed by atoms with Gasteiger partial charge in [-0.15, -0.1) is 0 Å². The van der Waals surface area contributed by atoms with Gasteiger partial charge < -0.3 is 10.0 Å². The maximum absolute atomic E-state index is 9.09. The van der Waals surface area contributed by atoms with E-state index < -0.39 is 0 Å². The number of likely N-dealkylation sites (N-methyl/N-ethyl adjacent to an activating group) is 1. The van der Waals surface area contributed by atoms with Gasteiger partial charge in [0.15, 0.2) is 0 Å². The third-order valence-corrected chi connectivity index (χ3v) is 2.74. The van der Waals surface area contributed by atoms with Gasteiger partial charge in [0.05, 0.1) is 6.61 Å². The zero-order valence-corrected chi connectivity index (χ0v) is 16.9. The largest absolute Gasteiger partial charge is 0.395 e. The van der Waals surface area contributed by atoms with Gasteiger partial charge in [0, 0.05) is 32.2 Å². The third kappa shape index (κ3) is 19.9. The van der Waals surface area contributed by atoms with Gasteiger partial charge in [-0.2, -0.15) is 0 Å². The number of rotatable bonds is 3. The average molecular weight is 307 g/mol. The minimum Gasteiger partial charge on any atom is -0.395 e. The molecule has 1 saturated heterocycles. The van der Waals surface area contributed by atoms with Crippen LogP contribution in [0.4, 0.5) is 0 Å². The second kappa shape index (κ2) is 28.1. The Morgan fingerprint density at radius 1 is 0.810 bits per heavy atom. The predicted octanol–water partition coefficient (Wildman–Crippen LogP) is 4.50. The zero-order chi connectivity index (χ0) is 17.7. The van der Waals surface area contributed by atoms with E-state index in [2.05, 4.69) is 37.6 Å². The third-order valence-electron chi connectivity index (χ3n) is 2.74. The first-order valence-electron chi connectivity index (χ1n) is 9.22. The van der Waals surface area contributed by atoms with Crippen molar-refractivity contribution in [3.8, 4) is 0 Å². The summed E-state index contributed by atoms with van der Waals surface area (Å²) in [5.41, 5.74) is 0. The minimum atomic E-state index is 0.306. The maximum atomic E-state index is 9.09. The van der Waals surface area contributed by atoms with Crippen LogP contribution in [0.1, 0.15) is 75.2 Å². The average Bonchev–Trinajstić information content (AvgIpc) is 2.57. The van der Waals surface area contributed by atoms with Crippen LogP contribution in [0.5, 0.6) is 0 Å². The molecule has 0 amide bonds. The fraction of sp³-hybridized carbons (Fsp3) is 1.00. The first-order valence-corrected chi connectivity index (χ1v) is 9.22. The van der Waals surface area contributed by atoms with Crippen LogP contribution in [-0.2, 0) is 0 Å². The Kier molecular flexibility index (Phi) is 38.8. The van der Waals surface area contributed by atoms with Crippen LogP contribution in [0.3, 0.4) is 0 Å². The Hall–Kier alpha value is -0.120. The summed E-state index contributed by atoms with van der Waals surface area (Å²) in [4.78, 5) is 4.72. The summed E-state index contributed by atoms with van der Waals surface area (Å²) in [7, 11) is 2.15. The molecule has 0 aromatic rings. The van der Waals surface area contributed by atoms with Crippen LogP contribution in [0, 0.1) is 0 Å². The summed E-state index contributed by atoms with van der Waals surface area (Å²) < 4.78 is 0. The first-order chi connectivity index (χ1) is 10.2. The second-order valence-corrected chi connectivity index (χ2v) is 4.29. The highest BCUT2D eigenvalue weighted by atomic mass is 16.3. The molecule has 1 rings (SSSR count). The van der Waals surface area contributed by atoms with Gasteiger partial charge in [-0.1, -0.05) is 68.7 Å². The predicted molar refractivity (Wildman–Crippen MR) is 100 cm³/mol. The number of hydrogen-bond donors (Lipinski definition) is 1. The molecule has 0 saturated carbocycles. The molecule has 0 aromatic carbocycles. The lowest BCUT2D eigenvalue weighted by Gasteiger charge is -2.36. The smallest absolute Gasteiger partial charge is 0.0586 e. The van der Waals surface area contributed by atoms with Gasteiger partial charge in [0.1, 0.15) is 0 Å². The molecule has 1 unspecified atom stereocenters. The Bertz CT molecular complexity index is 131. The van der Waals surface area contributed by atoms with Gasteiger partial charge in [-0.25, -0.2) is 0 Å².